The number of hydrogen-bond acceptors (Lipinski definition) is 3. The van der Waals surface area contributed by atoms with Crippen LogP contribution >= 0.6 is 15.9 Å². The Bertz CT molecular complexity index is 544. The van der Waals surface area contributed by atoms with E-state index >= 15 is 0 Å². The third-order valence-corrected chi connectivity index (χ3v) is 2.99. The van der Waals surface area contributed by atoms with Gasteiger partial charge in [0, 0.05) is 30.3 Å². The summed E-state index contributed by atoms with van der Waals surface area (Å²) in [5, 5.41) is 7.35. The van der Waals surface area contributed by atoms with E-state index in [2.05, 4.69) is 26.3 Å². The van der Waals surface area contributed by atoms with E-state index < -0.39 is 0 Å². The predicted octanol–water partition coefficient (Wildman–Crippen LogP) is 3.20. The smallest absolute Gasteiger partial charge is 0.166 e. The molecule has 0 amide bonds. The molecule has 0 aliphatic rings. The lowest BCUT2D eigenvalue weighted by molar-refractivity contribution is 0.299. The molecule has 0 aliphatic heterocycles. The summed E-state index contributed by atoms with van der Waals surface area (Å²) in [6.07, 6.45) is 2.64. The highest BCUT2D eigenvalue weighted by Gasteiger charge is 2.03. The van der Waals surface area contributed by atoms with Crippen molar-refractivity contribution in [3.63, 3.8) is 0 Å². The van der Waals surface area contributed by atoms with Gasteiger partial charge in [0.1, 0.15) is 5.82 Å². The number of rotatable bonds is 6. The first kappa shape index (κ1) is 13.9. The van der Waals surface area contributed by atoms with E-state index in [1.165, 1.54) is 6.07 Å². The topological polar surface area (TPSA) is 39.1 Å². The monoisotopic (exact) mass is 327 g/mol. The molecule has 1 N–H and O–H groups in total. The molecule has 1 aromatic heterocycles. The maximum Gasteiger partial charge on any atom is 0.166 e. The molecule has 4 nitrogen and oxygen atoms in total. The van der Waals surface area contributed by atoms with Crippen molar-refractivity contribution in [3.05, 3.63) is 40.8 Å². The molecule has 0 fully saturated rings. The van der Waals surface area contributed by atoms with Crippen LogP contribution in [0.15, 0.2) is 34.9 Å². The molecule has 2 rings (SSSR count). The molecule has 102 valence electrons. The van der Waals surface area contributed by atoms with Crippen molar-refractivity contribution in [3.8, 4) is 5.75 Å². The van der Waals surface area contributed by atoms with Gasteiger partial charge in [0.25, 0.3) is 0 Å². The molecule has 0 radical (unpaired) electrons. The second-order valence-corrected chi connectivity index (χ2v) is 4.99. The Morgan fingerprint density at radius 1 is 1.42 bits per heavy atom. The van der Waals surface area contributed by atoms with Gasteiger partial charge >= 0.3 is 0 Å². The number of aryl methyl sites for hydroxylation is 1. The number of aromatic nitrogens is 2. The SMILES string of the molecule is Cn1ccc(NCCCOc2ccc(Br)cc2F)n1. The minimum Gasteiger partial charge on any atom is -0.490 e. The van der Waals surface area contributed by atoms with Gasteiger partial charge in [0.15, 0.2) is 11.6 Å². The fraction of sp³-hybridized carbons (Fsp3) is 0.308. The van der Waals surface area contributed by atoms with E-state index in [-0.39, 0.29) is 11.6 Å². The minimum absolute atomic E-state index is 0.279. The summed E-state index contributed by atoms with van der Waals surface area (Å²) in [5.74, 6) is 0.755. The fourth-order valence-corrected chi connectivity index (χ4v) is 1.91. The van der Waals surface area contributed by atoms with E-state index in [0.717, 1.165) is 18.8 Å². The summed E-state index contributed by atoms with van der Waals surface area (Å²) in [7, 11) is 1.87. The number of hydrogen-bond donors (Lipinski definition) is 1. The fourth-order valence-electron chi connectivity index (χ4n) is 1.57. The highest BCUT2D eigenvalue weighted by molar-refractivity contribution is 9.10. The van der Waals surface area contributed by atoms with Crippen LogP contribution in [0.5, 0.6) is 5.75 Å². The average Bonchev–Trinajstić information content (AvgIpc) is 2.77. The van der Waals surface area contributed by atoms with Crippen molar-refractivity contribution in [2.24, 2.45) is 7.05 Å². The van der Waals surface area contributed by atoms with Crippen molar-refractivity contribution in [1.82, 2.24) is 9.78 Å². The highest BCUT2D eigenvalue weighted by atomic mass is 79.9. The number of anilines is 1. The lowest BCUT2D eigenvalue weighted by atomic mass is 10.3. The average molecular weight is 328 g/mol. The molecule has 0 atom stereocenters. The summed E-state index contributed by atoms with van der Waals surface area (Å²) in [6, 6.07) is 6.66. The van der Waals surface area contributed by atoms with Gasteiger partial charge in [-0.3, -0.25) is 4.68 Å². The largest absolute Gasteiger partial charge is 0.490 e. The van der Waals surface area contributed by atoms with Gasteiger partial charge in [-0.25, -0.2) is 4.39 Å². The van der Waals surface area contributed by atoms with Crippen molar-refractivity contribution < 1.29 is 9.13 Å². The zero-order valence-corrected chi connectivity index (χ0v) is 12.2. The molecular formula is C13H15BrFN3O. The minimum atomic E-state index is -0.355. The van der Waals surface area contributed by atoms with Gasteiger partial charge in [0.05, 0.1) is 6.61 Å². The third kappa shape index (κ3) is 4.24. The molecule has 19 heavy (non-hydrogen) atoms. The Balaban J connectivity index is 1.69. The number of nitrogens with zero attached hydrogens (tertiary/aromatic N) is 2. The normalized spacial score (nSPS) is 10.5. The van der Waals surface area contributed by atoms with E-state index in [1.807, 2.05) is 19.3 Å². The van der Waals surface area contributed by atoms with Gasteiger partial charge in [0.2, 0.25) is 0 Å². The molecule has 1 heterocycles. The Labute approximate surface area is 119 Å². The summed E-state index contributed by atoms with van der Waals surface area (Å²) < 4.78 is 21.3. The number of ether oxygens (including phenoxy) is 1. The second-order valence-electron chi connectivity index (χ2n) is 4.08. The number of nitrogens with one attached hydrogen (secondary N) is 1. The molecular weight excluding hydrogens is 313 g/mol. The summed E-state index contributed by atoms with van der Waals surface area (Å²) in [4.78, 5) is 0. The Hall–Kier alpha value is -1.56. The molecule has 0 saturated carbocycles. The van der Waals surface area contributed by atoms with Crippen molar-refractivity contribution >= 4 is 21.7 Å². The van der Waals surface area contributed by atoms with Crippen molar-refractivity contribution in [2.45, 2.75) is 6.42 Å². The number of halogens is 2. The Morgan fingerprint density at radius 3 is 2.95 bits per heavy atom. The van der Waals surface area contributed by atoms with Gasteiger partial charge in [-0.1, -0.05) is 15.9 Å². The second kappa shape index (κ2) is 6.56. The molecule has 0 saturated heterocycles. The first-order valence-electron chi connectivity index (χ1n) is 5.96. The van der Waals surface area contributed by atoms with E-state index in [4.69, 9.17) is 4.74 Å². The molecule has 0 spiro atoms. The standard InChI is InChI=1S/C13H15BrFN3O/c1-18-7-5-13(17-18)16-6-2-8-19-12-4-3-10(14)9-11(12)15/h3-5,7,9H,2,6,8H2,1H3,(H,16,17). The van der Waals surface area contributed by atoms with Gasteiger partial charge in [-0.15, -0.1) is 0 Å². The molecule has 0 unspecified atom stereocenters. The molecule has 6 heteroatoms. The first-order valence-corrected chi connectivity index (χ1v) is 6.76. The first-order chi connectivity index (χ1) is 9.15. The van der Waals surface area contributed by atoms with Crippen LogP contribution < -0.4 is 10.1 Å². The Kier molecular flexibility index (Phi) is 4.79. The van der Waals surface area contributed by atoms with E-state index in [9.17, 15) is 4.39 Å². The third-order valence-electron chi connectivity index (χ3n) is 2.49. The van der Waals surface area contributed by atoms with E-state index in [1.54, 1.807) is 16.8 Å². The maximum atomic E-state index is 13.4. The summed E-state index contributed by atoms with van der Waals surface area (Å²) >= 11 is 3.20. The molecule has 1 aromatic carbocycles. The predicted molar refractivity (Wildman–Crippen MR) is 75.9 cm³/mol. The van der Waals surface area contributed by atoms with Crippen LogP contribution in [0.4, 0.5) is 10.2 Å². The zero-order chi connectivity index (χ0) is 13.7. The summed E-state index contributed by atoms with van der Waals surface area (Å²) in [5.41, 5.74) is 0. The Morgan fingerprint density at radius 2 is 2.26 bits per heavy atom. The molecule has 0 aliphatic carbocycles. The van der Waals surface area contributed by atoms with Crippen LogP contribution in [0.1, 0.15) is 6.42 Å². The van der Waals surface area contributed by atoms with Gasteiger partial charge in [-0.05, 0) is 24.6 Å². The number of benzene rings is 1. The quantitative estimate of drug-likeness (QED) is 0.828. The zero-order valence-electron chi connectivity index (χ0n) is 10.6. The van der Waals surface area contributed by atoms with Crippen LogP contribution in [0.3, 0.4) is 0 Å². The van der Waals surface area contributed by atoms with E-state index in [0.29, 0.717) is 11.1 Å². The molecule has 0 bridgehead atoms. The van der Waals surface area contributed by atoms with Crippen LogP contribution in [-0.2, 0) is 7.05 Å². The van der Waals surface area contributed by atoms with Crippen molar-refractivity contribution in [1.29, 1.82) is 0 Å². The summed E-state index contributed by atoms with van der Waals surface area (Å²) in [6.45, 7) is 1.19. The van der Waals surface area contributed by atoms with Gasteiger partial charge in [-0.2, -0.15) is 5.10 Å². The van der Waals surface area contributed by atoms with Crippen LogP contribution in [0.2, 0.25) is 0 Å². The highest BCUT2D eigenvalue weighted by Crippen LogP contribution is 2.21. The lowest BCUT2D eigenvalue weighted by Crippen LogP contribution is -2.08. The van der Waals surface area contributed by atoms with Crippen molar-refractivity contribution in [2.75, 3.05) is 18.5 Å². The van der Waals surface area contributed by atoms with Crippen LogP contribution in [0, 0.1) is 5.82 Å². The van der Waals surface area contributed by atoms with Gasteiger partial charge < -0.3 is 10.1 Å². The molecule has 2 aromatic rings. The maximum absolute atomic E-state index is 13.4. The van der Waals surface area contributed by atoms with Crippen LogP contribution in [0.25, 0.3) is 0 Å². The van der Waals surface area contributed by atoms with Crippen LogP contribution in [-0.4, -0.2) is 22.9 Å². The lowest BCUT2D eigenvalue weighted by Gasteiger charge is -2.07.